The summed E-state index contributed by atoms with van der Waals surface area (Å²) in [6.45, 7) is 0.468. The van der Waals surface area contributed by atoms with Crippen LogP contribution in [-0.4, -0.2) is 16.1 Å². The van der Waals surface area contributed by atoms with Gasteiger partial charge in [0.1, 0.15) is 18.6 Å². The zero-order valence-corrected chi connectivity index (χ0v) is 12.3. The number of carbonyl (C=O) groups is 1. The second-order valence-electron chi connectivity index (χ2n) is 5.09. The first kappa shape index (κ1) is 14.1. The SMILES string of the molecule is Cn1cc(-c2cc(C=O)cc(OCc3ccccc3)c2)cn1. The van der Waals surface area contributed by atoms with Gasteiger partial charge >= 0.3 is 0 Å². The van der Waals surface area contributed by atoms with E-state index >= 15 is 0 Å². The molecule has 110 valence electrons. The van der Waals surface area contributed by atoms with Gasteiger partial charge in [-0.3, -0.25) is 9.48 Å². The molecule has 0 aliphatic heterocycles. The monoisotopic (exact) mass is 292 g/mol. The van der Waals surface area contributed by atoms with E-state index in [1.807, 2.05) is 55.7 Å². The van der Waals surface area contributed by atoms with Crippen molar-refractivity contribution in [3.8, 4) is 16.9 Å². The Morgan fingerprint density at radius 3 is 2.64 bits per heavy atom. The number of nitrogens with zero attached hydrogens (tertiary/aromatic N) is 2. The number of aryl methyl sites for hydroxylation is 1. The molecule has 1 heterocycles. The van der Waals surface area contributed by atoms with Crippen LogP contribution in [0.25, 0.3) is 11.1 Å². The molecule has 0 aliphatic rings. The first-order valence-corrected chi connectivity index (χ1v) is 7.00. The highest BCUT2D eigenvalue weighted by Gasteiger charge is 2.06. The lowest BCUT2D eigenvalue weighted by Gasteiger charge is -2.09. The molecule has 0 N–H and O–H groups in total. The molecule has 0 spiro atoms. The number of ether oxygens (including phenoxy) is 1. The van der Waals surface area contributed by atoms with E-state index in [0.29, 0.717) is 17.9 Å². The Bertz CT molecular complexity index is 779. The summed E-state index contributed by atoms with van der Waals surface area (Å²) in [5.41, 5.74) is 3.54. The van der Waals surface area contributed by atoms with Gasteiger partial charge in [0.2, 0.25) is 0 Å². The molecule has 4 nitrogen and oxygen atoms in total. The summed E-state index contributed by atoms with van der Waals surface area (Å²) >= 11 is 0. The predicted octanol–water partition coefficient (Wildman–Crippen LogP) is 3.48. The second-order valence-corrected chi connectivity index (χ2v) is 5.09. The van der Waals surface area contributed by atoms with Crippen molar-refractivity contribution in [1.82, 2.24) is 9.78 Å². The summed E-state index contributed by atoms with van der Waals surface area (Å²) in [5, 5.41) is 4.16. The van der Waals surface area contributed by atoms with Crippen LogP contribution in [0.2, 0.25) is 0 Å². The molecular formula is C18H16N2O2. The standard InChI is InChI=1S/C18H16N2O2/c1-20-11-17(10-19-20)16-7-15(12-21)8-18(9-16)22-13-14-5-3-2-4-6-14/h2-12H,13H2,1H3. The number of benzene rings is 2. The van der Waals surface area contributed by atoms with E-state index in [1.165, 1.54) is 0 Å². The predicted molar refractivity (Wildman–Crippen MR) is 84.8 cm³/mol. The van der Waals surface area contributed by atoms with Crippen molar-refractivity contribution in [1.29, 1.82) is 0 Å². The molecule has 2 aromatic carbocycles. The second kappa shape index (κ2) is 6.26. The van der Waals surface area contributed by atoms with Crippen LogP contribution in [0.3, 0.4) is 0 Å². The molecule has 0 aliphatic carbocycles. The minimum atomic E-state index is 0.468. The lowest BCUT2D eigenvalue weighted by atomic mass is 10.1. The molecule has 0 unspecified atom stereocenters. The number of aromatic nitrogens is 2. The van der Waals surface area contributed by atoms with Crippen molar-refractivity contribution in [3.05, 3.63) is 72.1 Å². The van der Waals surface area contributed by atoms with Gasteiger partial charge in [-0.2, -0.15) is 5.10 Å². The maximum absolute atomic E-state index is 11.1. The molecule has 0 radical (unpaired) electrons. The van der Waals surface area contributed by atoms with Crippen molar-refractivity contribution in [2.24, 2.45) is 7.05 Å². The van der Waals surface area contributed by atoms with Gasteiger partial charge in [-0.1, -0.05) is 30.3 Å². The number of carbonyl (C=O) groups excluding carboxylic acids is 1. The zero-order chi connectivity index (χ0) is 15.4. The smallest absolute Gasteiger partial charge is 0.150 e. The van der Waals surface area contributed by atoms with E-state index in [4.69, 9.17) is 4.74 Å². The molecule has 0 saturated heterocycles. The molecular weight excluding hydrogens is 276 g/mol. The maximum Gasteiger partial charge on any atom is 0.150 e. The largest absolute Gasteiger partial charge is 0.489 e. The van der Waals surface area contributed by atoms with Gasteiger partial charge in [0, 0.05) is 24.4 Å². The molecule has 0 amide bonds. The van der Waals surface area contributed by atoms with Gasteiger partial charge < -0.3 is 4.74 Å². The third-order valence-electron chi connectivity index (χ3n) is 3.35. The van der Waals surface area contributed by atoms with Crippen LogP contribution in [0, 0.1) is 0 Å². The first-order valence-electron chi connectivity index (χ1n) is 7.00. The Morgan fingerprint density at radius 2 is 1.95 bits per heavy atom. The van der Waals surface area contributed by atoms with Crippen LogP contribution in [0.5, 0.6) is 5.75 Å². The molecule has 1 aromatic heterocycles. The van der Waals surface area contributed by atoms with E-state index in [9.17, 15) is 4.79 Å². The van der Waals surface area contributed by atoms with Crippen molar-refractivity contribution in [2.45, 2.75) is 6.61 Å². The lowest BCUT2D eigenvalue weighted by molar-refractivity contribution is 0.112. The number of rotatable bonds is 5. The first-order chi connectivity index (χ1) is 10.7. The molecule has 0 atom stereocenters. The third-order valence-corrected chi connectivity index (χ3v) is 3.35. The summed E-state index contributed by atoms with van der Waals surface area (Å²) in [6, 6.07) is 15.4. The fraction of sp³-hybridized carbons (Fsp3) is 0.111. The van der Waals surface area contributed by atoms with Crippen LogP contribution >= 0.6 is 0 Å². The average molecular weight is 292 g/mol. The minimum absolute atomic E-state index is 0.468. The van der Waals surface area contributed by atoms with Crippen LogP contribution in [0.15, 0.2) is 60.9 Å². The van der Waals surface area contributed by atoms with E-state index in [2.05, 4.69) is 5.10 Å². The van der Waals surface area contributed by atoms with Crippen LogP contribution < -0.4 is 4.74 Å². The number of hydrogen-bond acceptors (Lipinski definition) is 3. The zero-order valence-electron chi connectivity index (χ0n) is 12.3. The quantitative estimate of drug-likeness (QED) is 0.676. The highest BCUT2D eigenvalue weighted by molar-refractivity contribution is 5.80. The Balaban J connectivity index is 1.86. The van der Waals surface area contributed by atoms with Crippen molar-refractivity contribution in [2.75, 3.05) is 0 Å². The third kappa shape index (κ3) is 3.23. The highest BCUT2D eigenvalue weighted by atomic mass is 16.5. The van der Waals surface area contributed by atoms with Gasteiger partial charge in [-0.05, 0) is 29.3 Å². The Morgan fingerprint density at radius 1 is 1.14 bits per heavy atom. The van der Waals surface area contributed by atoms with Crippen molar-refractivity contribution >= 4 is 6.29 Å². The van der Waals surface area contributed by atoms with Gasteiger partial charge in [0.25, 0.3) is 0 Å². The van der Waals surface area contributed by atoms with Crippen molar-refractivity contribution < 1.29 is 9.53 Å². The Hall–Kier alpha value is -2.88. The Kier molecular flexibility index (Phi) is 4.01. The normalized spacial score (nSPS) is 10.4. The number of aldehydes is 1. The maximum atomic E-state index is 11.1. The van der Waals surface area contributed by atoms with Crippen LogP contribution in [0.1, 0.15) is 15.9 Å². The fourth-order valence-corrected chi connectivity index (χ4v) is 2.25. The Labute approximate surface area is 129 Å². The molecule has 0 fully saturated rings. The molecule has 3 aromatic rings. The van der Waals surface area contributed by atoms with Gasteiger partial charge in [-0.25, -0.2) is 0 Å². The summed E-state index contributed by atoms with van der Waals surface area (Å²) in [7, 11) is 1.86. The summed E-state index contributed by atoms with van der Waals surface area (Å²) in [5.74, 6) is 0.673. The summed E-state index contributed by atoms with van der Waals surface area (Å²) < 4.78 is 7.55. The highest BCUT2D eigenvalue weighted by Crippen LogP contribution is 2.26. The van der Waals surface area contributed by atoms with Crippen LogP contribution in [0.4, 0.5) is 0 Å². The average Bonchev–Trinajstić information content (AvgIpc) is 3.00. The lowest BCUT2D eigenvalue weighted by Crippen LogP contribution is -1.96. The van der Waals surface area contributed by atoms with Crippen LogP contribution in [-0.2, 0) is 13.7 Å². The minimum Gasteiger partial charge on any atom is -0.489 e. The van der Waals surface area contributed by atoms with Gasteiger partial charge in [0.05, 0.1) is 6.20 Å². The molecule has 4 heteroatoms. The van der Waals surface area contributed by atoms with E-state index in [-0.39, 0.29) is 0 Å². The fourth-order valence-electron chi connectivity index (χ4n) is 2.25. The summed E-state index contributed by atoms with van der Waals surface area (Å²) in [4.78, 5) is 11.1. The van der Waals surface area contributed by atoms with Gasteiger partial charge in [-0.15, -0.1) is 0 Å². The van der Waals surface area contributed by atoms with Gasteiger partial charge in [0.15, 0.2) is 0 Å². The van der Waals surface area contributed by atoms with E-state index in [1.54, 1.807) is 16.9 Å². The topological polar surface area (TPSA) is 44.1 Å². The molecule has 22 heavy (non-hydrogen) atoms. The van der Waals surface area contributed by atoms with E-state index in [0.717, 1.165) is 23.0 Å². The summed E-state index contributed by atoms with van der Waals surface area (Å²) in [6.07, 6.45) is 4.50. The number of hydrogen-bond donors (Lipinski definition) is 0. The van der Waals surface area contributed by atoms with E-state index < -0.39 is 0 Å². The molecule has 0 bridgehead atoms. The molecule has 3 rings (SSSR count). The van der Waals surface area contributed by atoms with Crippen molar-refractivity contribution in [3.63, 3.8) is 0 Å². The molecule has 0 saturated carbocycles.